The van der Waals surface area contributed by atoms with Crippen molar-refractivity contribution >= 4 is 22.7 Å². The van der Waals surface area contributed by atoms with Crippen LogP contribution in [0.1, 0.15) is 94.5 Å². The number of aryl methyl sites for hydroxylation is 2. The zero-order valence-corrected chi connectivity index (χ0v) is 31.2. The minimum atomic E-state index is -0.595. The van der Waals surface area contributed by atoms with E-state index in [1.54, 1.807) is 12.1 Å². The maximum atomic E-state index is 11.3. The predicted molar refractivity (Wildman–Crippen MR) is 196 cm³/mol. The molecule has 0 aliphatic heterocycles. The largest absolute Gasteiger partial charge is 0.312 e. The second-order valence-electron chi connectivity index (χ2n) is 16.7. The van der Waals surface area contributed by atoms with Gasteiger partial charge in [-0.15, -0.1) is 0 Å². The van der Waals surface area contributed by atoms with E-state index >= 15 is 0 Å². The van der Waals surface area contributed by atoms with E-state index in [1.807, 2.05) is 133 Å². The third-order valence-electron chi connectivity index (χ3n) is 8.23. The fourth-order valence-electron chi connectivity index (χ4n) is 5.62. The summed E-state index contributed by atoms with van der Waals surface area (Å²) in [5.41, 5.74) is 4.96. The molecule has 2 aromatic heterocycles. The Morgan fingerprint density at radius 2 is 0.625 bits per heavy atom. The van der Waals surface area contributed by atoms with Gasteiger partial charge in [0.2, 0.25) is 0 Å². The van der Waals surface area contributed by atoms with Crippen LogP contribution in [0.25, 0.3) is 22.8 Å². The molecule has 2 heterocycles. The zero-order chi connectivity index (χ0) is 36.3. The van der Waals surface area contributed by atoms with Crippen LogP contribution < -0.4 is 20.3 Å². The smallest absolute Gasteiger partial charge is 0.0699 e. The molecule has 0 aliphatic rings. The summed E-state index contributed by atoms with van der Waals surface area (Å²) in [4.78, 5) is 0. The van der Waals surface area contributed by atoms with Gasteiger partial charge < -0.3 is 9.13 Å². The van der Waals surface area contributed by atoms with Crippen LogP contribution in [-0.2, 0) is 0 Å². The van der Waals surface area contributed by atoms with Crippen LogP contribution in [0.5, 0.6) is 0 Å². The minimum absolute atomic E-state index is 0.539. The van der Waals surface area contributed by atoms with Crippen molar-refractivity contribution in [3.63, 3.8) is 0 Å². The maximum absolute atomic E-state index is 11.3. The standard InChI is InChI=1S/C38H56N6O4/c1-25-15-17-33(39(25)27-19-29(41(45)35(3,4)5)23-30(20-27)42(46)36(6,7)8)34-18-16-26(2)40(34)28-21-31(43(47)37(9,10)11)24-32(22-28)44(48)38(12,13)14/h15-24,45-48H,1-14H3. The Bertz CT molecular complexity index is 1560. The highest BCUT2D eigenvalue weighted by Crippen LogP contribution is 2.38. The van der Waals surface area contributed by atoms with Crippen LogP contribution in [0.3, 0.4) is 0 Å². The van der Waals surface area contributed by atoms with Crippen LogP contribution in [0.2, 0.25) is 0 Å². The van der Waals surface area contributed by atoms with Gasteiger partial charge in [0.1, 0.15) is 0 Å². The molecular weight excluding hydrogens is 604 g/mol. The molecule has 0 aliphatic carbocycles. The predicted octanol–water partition coefficient (Wildman–Crippen LogP) is 9.53. The Labute approximate surface area is 286 Å². The molecule has 2 aromatic carbocycles. The van der Waals surface area contributed by atoms with Crippen molar-refractivity contribution in [1.82, 2.24) is 9.13 Å². The summed E-state index contributed by atoms with van der Waals surface area (Å²) < 4.78 is 4.22. The Balaban J connectivity index is 2.00. The van der Waals surface area contributed by atoms with Crippen LogP contribution in [0.4, 0.5) is 22.7 Å². The van der Waals surface area contributed by atoms with Gasteiger partial charge in [-0.05, 0) is 158 Å². The van der Waals surface area contributed by atoms with E-state index in [4.69, 9.17) is 0 Å². The molecule has 0 radical (unpaired) electrons. The molecule has 10 nitrogen and oxygen atoms in total. The fourth-order valence-corrected chi connectivity index (χ4v) is 5.62. The third-order valence-corrected chi connectivity index (χ3v) is 8.23. The van der Waals surface area contributed by atoms with E-state index in [0.29, 0.717) is 22.7 Å². The summed E-state index contributed by atoms with van der Waals surface area (Å²) in [7, 11) is 0. The molecule has 0 saturated carbocycles. The first-order valence-corrected chi connectivity index (χ1v) is 16.5. The van der Waals surface area contributed by atoms with Crippen molar-refractivity contribution in [2.45, 2.75) is 119 Å². The number of hydrogen-bond donors (Lipinski definition) is 4. The monoisotopic (exact) mass is 660 g/mol. The summed E-state index contributed by atoms with van der Waals surface area (Å²) >= 11 is 0. The highest BCUT2D eigenvalue weighted by Gasteiger charge is 2.28. The van der Waals surface area contributed by atoms with Crippen molar-refractivity contribution in [1.29, 1.82) is 0 Å². The van der Waals surface area contributed by atoms with Crippen LogP contribution in [-0.4, -0.2) is 52.1 Å². The molecule has 0 saturated heterocycles. The number of hydrogen-bond acceptors (Lipinski definition) is 8. The Kier molecular flexibility index (Phi) is 9.59. The van der Waals surface area contributed by atoms with Gasteiger partial charge >= 0.3 is 0 Å². The molecule has 48 heavy (non-hydrogen) atoms. The zero-order valence-electron chi connectivity index (χ0n) is 31.2. The van der Waals surface area contributed by atoms with Crippen LogP contribution >= 0.6 is 0 Å². The highest BCUT2D eigenvalue weighted by molar-refractivity contribution is 5.72. The molecular formula is C38H56N6O4. The SMILES string of the molecule is Cc1ccc(-c2ccc(C)n2-c2cc(N(O)C(C)(C)C)cc(N(O)C(C)(C)C)c2)n1-c1cc(N(O)C(C)(C)C)cc(N(O)C(C)(C)C)c1. The lowest BCUT2D eigenvalue weighted by Crippen LogP contribution is -2.40. The molecule has 262 valence electrons. The van der Waals surface area contributed by atoms with Gasteiger partial charge in [-0.2, -0.15) is 0 Å². The Morgan fingerprint density at radius 1 is 0.396 bits per heavy atom. The quantitative estimate of drug-likeness (QED) is 0.145. The third kappa shape index (κ3) is 7.37. The summed E-state index contributed by atoms with van der Waals surface area (Å²) in [5.74, 6) is 0. The maximum Gasteiger partial charge on any atom is 0.0699 e. The first-order chi connectivity index (χ1) is 21.8. The van der Waals surface area contributed by atoms with Crippen molar-refractivity contribution in [2.75, 3.05) is 20.3 Å². The molecule has 0 bridgehead atoms. The van der Waals surface area contributed by atoms with Crippen molar-refractivity contribution in [3.8, 4) is 22.8 Å². The molecule has 4 aromatic rings. The van der Waals surface area contributed by atoms with Crippen molar-refractivity contribution in [3.05, 3.63) is 72.1 Å². The fraction of sp³-hybridized carbons (Fsp3) is 0.474. The van der Waals surface area contributed by atoms with Gasteiger partial charge in [-0.25, -0.2) is 0 Å². The molecule has 0 spiro atoms. The number of hydroxylamine groups is 4. The highest BCUT2D eigenvalue weighted by atomic mass is 16.5. The number of aromatic nitrogens is 2. The Hall–Kier alpha value is -3.96. The topological polar surface area (TPSA) is 104 Å². The van der Waals surface area contributed by atoms with E-state index in [0.717, 1.165) is 34.2 Å². The van der Waals surface area contributed by atoms with E-state index in [-0.39, 0.29) is 0 Å². The first-order valence-electron chi connectivity index (χ1n) is 16.5. The van der Waals surface area contributed by atoms with Gasteiger partial charge in [0.05, 0.1) is 67.7 Å². The van der Waals surface area contributed by atoms with Gasteiger partial charge in [0.25, 0.3) is 0 Å². The van der Waals surface area contributed by atoms with E-state index in [1.165, 1.54) is 20.3 Å². The lowest BCUT2D eigenvalue weighted by molar-refractivity contribution is 0.176. The Morgan fingerprint density at radius 3 is 0.833 bits per heavy atom. The average molecular weight is 661 g/mol. The van der Waals surface area contributed by atoms with Gasteiger partial charge in [0, 0.05) is 11.4 Å². The number of benzene rings is 2. The molecule has 0 fully saturated rings. The number of anilines is 4. The lowest BCUT2D eigenvalue weighted by atomic mass is 10.1. The van der Waals surface area contributed by atoms with Crippen molar-refractivity contribution < 1.29 is 20.8 Å². The molecule has 10 heteroatoms. The molecule has 0 atom stereocenters. The summed E-state index contributed by atoms with van der Waals surface area (Å²) in [5, 5.41) is 50.0. The molecule has 0 amide bonds. The number of rotatable bonds is 7. The van der Waals surface area contributed by atoms with Crippen LogP contribution in [0, 0.1) is 13.8 Å². The van der Waals surface area contributed by atoms with E-state index in [2.05, 4.69) is 21.3 Å². The van der Waals surface area contributed by atoms with Gasteiger partial charge in [-0.3, -0.25) is 41.1 Å². The normalized spacial score (nSPS) is 12.8. The van der Waals surface area contributed by atoms with E-state index in [9.17, 15) is 20.8 Å². The number of nitrogens with zero attached hydrogens (tertiary/aromatic N) is 6. The summed E-state index contributed by atoms with van der Waals surface area (Å²) in [6.07, 6.45) is 0. The molecule has 4 N–H and O–H groups in total. The van der Waals surface area contributed by atoms with Gasteiger partial charge in [-0.1, -0.05) is 0 Å². The lowest BCUT2D eigenvalue weighted by Gasteiger charge is -2.35. The minimum Gasteiger partial charge on any atom is -0.312 e. The summed E-state index contributed by atoms with van der Waals surface area (Å²) in [6, 6.07) is 19.4. The van der Waals surface area contributed by atoms with Crippen LogP contribution in [0.15, 0.2) is 60.7 Å². The molecule has 4 rings (SSSR count). The average Bonchev–Trinajstić information content (AvgIpc) is 3.54. The first kappa shape index (κ1) is 36.9. The molecule has 0 unspecified atom stereocenters. The second-order valence-corrected chi connectivity index (χ2v) is 16.7. The van der Waals surface area contributed by atoms with Gasteiger partial charge in [0.15, 0.2) is 0 Å². The summed E-state index contributed by atoms with van der Waals surface area (Å²) in [6.45, 7) is 27.1. The van der Waals surface area contributed by atoms with E-state index < -0.39 is 22.2 Å². The van der Waals surface area contributed by atoms with Crippen molar-refractivity contribution in [2.24, 2.45) is 0 Å². The second kappa shape index (κ2) is 12.5.